The minimum absolute atomic E-state index is 0.271. The van der Waals surface area contributed by atoms with Gasteiger partial charge in [0.2, 0.25) is 0 Å². The monoisotopic (exact) mass is 263 g/mol. The Hall–Kier alpha value is -0.860. The first-order valence-electron chi connectivity index (χ1n) is 7.29. The van der Waals surface area contributed by atoms with Gasteiger partial charge in [-0.25, -0.2) is 0 Å². The summed E-state index contributed by atoms with van der Waals surface area (Å²) in [5, 5.41) is 3.36. The SMILES string of the molecule is CNC(COC(C)CC(C)C)c1cc(C)cc(C)c1. The van der Waals surface area contributed by atoms with Gasteiger partial charge in [-0.05, 0) is 45.7 Å². The summed E-state index contributed by atoms with van der Waals surface area (Å²) in [6.45, 7) is 11.6. The van der Waals surface area contributed by atoms with Crippen LogP contribution < -0.4 is 5.32 Å². The van der Waals surface area contributed by atoms with Crippen LogP contribution in [0.3, 0.4) is 0 Å². The molecule has 2 nitrogen and oxygen atoms in total. The van der Waals surface area contributed by atoms with Crippen LogP contribution in [0.2, 0.25) is 0 Å². The second-order valence-electron chi connectivity index (χ2n) is 6.04. The minimum atomic E-state index is 0.271. The van der Waals surface area contributed by atoms with Gasteiger partial charge in [0.25, 0.3) is 0 Å². The molecule has 0 aliphatic carbocycles. The van der Waals surface area contributed by atoms with E-state index < -0.39 is 0 Å². The Morgan fingerprint density at radius 1 is 1.05 bits per heavy atom. The summed E-state index contributed by atoms with van der Waals surface area (Å²) < 4.78 is 5.98. The van der Waals surface area contributed by atoms with Gasteiger partial charge in [-0.1, -0.05) is 43.2 Å². The molecule has 1 aromatic carbocycles. The Morgan fingerprint density at radius 3 is 2.11 bits per heavy atom. The van der Waals surface area contributed by atoms with E-state index in [2.05, 4.69) is 58.1 Å². The van der Waals surface area contributed by atoms with Crippen molar-refractivity contribution in [3.63, 3.8) is 0 Å². The van der Waals surface area contributed by atoms with Crippen molar-refractivity contribution in [3.8, 4) is 0 Å². The zero-order valence-electron chi connectivity index (χ0n) is 13.3. The van der Waals surface area contributed by atoms with Crippen molar-refractivity contribution >= 4 is 0 Å². The van der Waals surface area contributed by atoms with Crippen LogP contribution in [0.15, 0.2) is 18.2 Å². The van der Waals surface area contributed by atoms with Gasteiger partial charge in [-0.3, -0.25) is 0 Å². The number of rotatable bonds is 7. The Labute approximate surface area is 118 Å². The van der Waals surface area contributed by atoms with Crippen LogP contribution in [0.1, 0.15) is 49.9 Å². The third-order valence-corrected chi connectivity index (χ3v) is 3.35. The molecule has 2 heteroatoms. The number of likely N-dealkylation sites (N-methyl/N-ethyl adjacent to an activating group) is 1. The third kappa shape index (κ3) is 5.75. The molecular weight excluding hydrogens is 234 g/mol. The second kappa shape index (κ2) is 7.66. The lowest BCUT2D eigenvalue weighted by atomic mass is 10.0. The molecule has 108 valence electrons. The summed E-state index contributed by atoms with van der Waals surface area (Å²) in [5.74, 6) is 0.684. The summed E-state index contributed by atoms with van der Waals surface area (Å²) >= 11 is 0. The Morgan fingerprint density at radius 2 is 1.63 bits per heavy atom. The normalized spacial score (nSPS) is 14.7. The fourth-order valence-corrected chi connectivity index (χ4v) is 2.55. The van der Waals surface area contributed by atoms with Crippen molar-refractivity contribution in [3.05, 3.63) is 34.9 Å². The van der Waals surface area contributed by atoms with Crippen molar-refractivity contribution in [1.29, 1.82) is 0 Å². The molecule has 0 spiro atoms. The van der Waals surface area contributed by atoms with E-state index in [0.717, 1.165) is 13.0 Å². The minimum Gasteiger partial charge on any atom is -0.377 e. The smallest absolute Gasteiger partial charge is 0.0665 e. The molecule has 0 bridgehead atoms. The van der Waals surface area contributed by atoms with Crippen LogP contribution in [-0.4, -0.2) is 19.8 Å². The van der Waals surface area contributed by atoms with Gasteiger partial charge in [-0.2, -0.15) is 0 Å². The molecule has 0 heterocycles. The molecule has 2 unspecified atom stereocenters. The van der Waals surface area contributed by atoms with Crippen LogP contribution in [0.5, 0.6) is 0 Å². The first-order chi connectivity index (χ1) is 8.92. The van der Waals surface area contributed by atoms with Gasteiger partial charge in [0.1, 0.15) is 0 Å². The zero-order valence-corrected chi connectivity index (χ0v) is 13.3. The molecule has 0 fully saturated rings. The number of nitrogens with one attached hydrogen (secondary N) is 1. The fourth-order valence-electron chi connectivity index (χ4n) is 2.55. The third-order valence-electron chi connectivity index (χ3n) is 3.35. The highest BCUT2D eigenvalue weighted by molar-refractivity contribution is 5.30. The predicted octanol–water partition coefficient (Wildman–Crippen LogP) is 4.02. The summed E-state index contributed by atoms with van der Waals surface area (Å²) in [7, 11) is 2.00. The van der Waals surface area contributed by atoms with Crippen molar-refractivity contribution in [2.45, 2.75) is 53.2 Å². The van der Waals surface area contributed by atoms with Gasteiger partial charge in [0.05, 0.1) is 18.8 Å². The van der Waals surface area contributed by atoms with Crippen molar-refractivity contribution in [1.82, 2.24) is 5.32 Å². The Balaban J connectivity index is 2.62. The molecule has 19 heavy (non-hydrogen) atoms. The number of hydrogen-bond donors (Lipinski definition) is 1. The maximum atomic E-state index is 5.98. The topological polar surface area (TPSA) is 21.3 Å². The van der Waals surface area contributed by atoms with Gasteiger partial charge < -0.3 is 10.1 Å². The van der Waals surface area contributed by atoms with E-state index in [1.54, 1.807) is 0 Å². The van der Waals surface area contributed by atoms with E-state index in [1.807, 2.05) is 7.05 Å². The van der Waals surface area contributed by atoms with E-state index in [4.69, 9.17) is 4.74 Å². The first-order valence-corrected chi connectivity index (χ1v) is 7.29. The van der Waals surface area contributed by atoms with Crippen LogP contribution in [0.4, 0.5) is 0 Å². The average molecular weight is 263 g/mol. The standard InChI is InChI=1S/C17H29NO/c1-12(2)7-15(5)19-11-17(18-6)16-9-13(3)8-14(4)10-16/h8-10,12,15,17-18H,7,11H2,1-6H3. The first kappa shape index (κ1) is 16.2. The van der Waals surface area contributed by atoms with Crippen LogP contribution in [0, 0.1) is 19.8 Å². The maximum absolute atomic E-state index is 5.98. The molecule has 1 N–H and O–H groups in total. The number of aryl methyl sites for hydroxylation is 2. The van der Waals surface area contributed by atoms with Crippen molar-refractivity contribution in [2.24, 2.45) is 5.92 Å². The van der Waals surface area contributed by atoms with Gasteiger partial charge in [-0.15, -0.1) is 0 Å². The highest BCUT2D eigenvalue weighted by Gasteiger charge is 2.13. The number of benzene rings is 1. The molecule has 0 saturated heterocycles. The summed E-state index contributed by atoms with van der Waals surface area (Å²) in [6.07, 6.45) is 1.44. The molecule has 1 rings (SSSR count). The van der Waals surface area contributed by atoms with Crippen LogP contribution in [-0.2, 0) is 4.74 Å². The van der Waals surface area contributed by atoms with E-state index in [1.165, 1.54) is 16.7 Å². The van der Waals surface area contributed by atoms with Crippen molar-refractivity contribution in [2.75, 3.05) is 13.7 Å². The average Bonchev–Trinajstić information content (AvgIpc) is 2.27. The quantitative estimate of drug-likeness (QED) is 0.802. The Kier molecular flexibility index (Phi) is 6.53. The van der Waals surface area contributed by atoms with Gasteiger partial charge in [0.15, 0.2) is 0 Å². The highest BCUT2D eigenvalue weighted by atomic mass is 16.5. The Bertz CT molecular complexity index is 367. The molecule has 0 aliphatic rings. The highest BCUT2D eigenvalue weighted by Crippen LogP contribution is 2.18. The molecular formula is C17H29NO. The van der Waals surface area contributed by atoms with E-state index >= 15 is 0 Å². The summed E-state index contributed by atoms with van der Waals surface area (Å²) in [4.78, 5) is 0. The largest absolute Gasteiger partial charge is 0.377 e. The lowest BCUT2D eigenvalue weighted by Gasteiger charge is -2.22. The van der Waals surface area contributed by atoms with Gasteiger partial charge in [0, 0.05) is 0 Å². The summed E-state index contributed by atoms with van der Waals surface area (Å²) in [6, 6.07) is 6.96. The lowest BCUT2D eigenvalue weighted by molar-refractivity contribution is 0.0382. The zero-order chi connectivity index (χ0) is 14.4. The molecule has 0 aromatic heterocycles. The van der Waals surface area contributed by atoms with Crippen molar-refractivity contribution < 1.29 is 4.74 Å². The van der Waals surface area contributed by atoms with Gasteiger partial charge >= 0.3 is 0 Å². The van der Waals surface area contributed by atoms with Crippen LogP contribution >= 0.6 is 0 Å². The van der Waals surface area contributed by atoms with E-state index in [9.17, 15) is 0 Å². The number of hydrogen-bond acceptors (Lipinski definition) is 2. The van der Waals surface area contributed by atoms with Crippen LogP contribution in [0.25, 0.3) is 0 Å². The molecule has 0 saturated carbocycles. The molecule has 0 amide bonds. The molecule has 0 aliphatic heterocycles. The fraction of sp³-hybridized carbons (Fsp3) is 0.647. The maximum Gasteiger partial charge on any atom is 0.0665 e. The molecule has 1 aromatic rings. The molecule has 0 radical (unpaired) electrons. The summed E-state index contributed by atoms with van der Waals surface area (Å²) in [5.41, 5.74) is 3.94. The number of ether oxygens (including phenoxy) is 1. The molecule has 2 atom stereocenters. The van der Waals surface area contributed by atoms with E-state index in [0.29, 0.717) is 12.0 Å². The second-order valence-corrected chi connectivity index (χ2v) is 6.04. The van der Waals surface area contributed by atoms with E-state index in [-0.39, 0.29) is 6.04 Å². The predicted molar refractivity (Wildman–Crippen MR) is 82.6 cm³/mol. The lowest BCUT2D eigenvalue weighted by Crippen LogP contribution is -2.25.